The molecule has 1 unspecified atom stereocenters. The second-order valence-electron chi connectivity index (χ2n) is 4.01. The number of halogens is 4. The third-order valence-electron chi connectivity index (χ3n) is 2.64. The van der Waals surface area contributed by atoms with Crippen molar-refractivity contribution in [2.75, 3.05) is 19.8 Å². The van der Waals surface area contributed by atoms with Gasteiger partial charge >= 0.3 is 6.18 Å². The van der Waals surface area contributed by atoms with E-state index in [4.69, 9.17) is 4.74 Å². The standard InChI is InChI=1S/C13H17BrF3NO/c1-3-18-12(8-19-4-2)9-5-6-11(14)10(7-9)13(15,16)17/h5-7,12,18H,3-4,8H2,1-2H3. The van der Waals surface area contributed by atoms with Crippen LogP contribution in [0.1, 0.15) is 31.0 Å². The maximum absolute atomic E-state index is 12.8. The zero-order valence-electron chi connectivity index (χ0n) is 10.9. The number of hydrogen-bond acceptors (Lipinski definition) is 2. The van der Waals surface area contributed by atoms with E-state index < -0.39 is 11.7 Å². The topological polar surface area (TPSA) is 21.3 Å². The van der Waals surface area contributed by atoms with E-state index in [0.717, 1.165) is 6.07 Å². The summed E-state index contributed by atoms with van der Waals surface area (Å²) in [6.45, 7) is 5.30. The Hall–Kier alpha value is -0.590. The van der Waals surface area contributed by atoms with Crippen LogP contribution in [0.3, 0.4) is 0 Å². The molecule has 0 saturated heterocycles. The van der Waals surface area contributed by atoms with Crippen molar-refractivity contribution in [1.82, 2.24) is 5.32 Å². The molecule has 6 heteroatoms. The second-order valence-corrected chi connectivity index (χ2v) is 4.86. The van der Waals surface area contributed by atoms with Crippen LogP contribution in [0.2, 0.25) is 0 Å². The van der Waals surface area contributed by atoms with Crippen molar-refractivity contribution in [2.24, 2.45) is 0 Å². The summed E-state index contributed by atoms with van der Waals surface area (Å²) in [5, 5.41) is 3.12. The van der Waals surface area contributed by atoms with E-state index in [0.29, 0.717) is 25.3 Å². The first kappa shape index (κ1) is 16.5. The first-order chi connectivity index (χ1) is 8.90. The molecule has 0 heterocycles. The van der Waals surface area contributed by atoms with E-state index in [1.54, 1.807) is 6.07 Å². The third-order valence-corrected chi connectivity index (χ3v) is 3.33. The van der Waals surface area contributed by atoms with Gasteiger partial charge < -0.3 is 10.1 Å². The number of hydrogen-bond donors (Lipinski definition) is 1. The van der Waals surface area contributed by atoms with Gasteiger partial charge in [0.1, 0.15) is 0 Å². The monoisotopic (exact) mass is 339 g/mol. The fourth-order valence-electron chi connectivity index (χ4n) is 1.73. The number of benzene rings is 1. The van der Waals surface area contributed by atoms with Gasteiger partial charge in [0, 0.05) is 11.1 Å². The predicted molar refractivity (Wildman–Crippen MR) is 72.1 cm³/mol. The molecule has 1 aromatic rings. The van der Waals surface area contributed by atoms with Gasteiger partial charge in [-0.25, -0.2) is 0 Å². The molecule has 0 saturated carbocycles. The SMILES string of the molecule is CCNC(COCC)c1ccc(Br)c(C(F)(F)F)c1. The van der Waals surface area contributed by atoms with Crippen molar-refractivity contribution in [1.29, 1.82) is 0 Å². The molecule has 1 rings (SSSR count). The van der Waals surface area contributed by atoms with Crippen molar-refractivity contribution in [3.05, 3.63) is 33.8 Å². The summed E-state index contributed by atoms with van der Waals surface area (Å²) in [6, 6.07) is 4.02. The van der Waals surface area contributed by atoms with Gasteiger partial charge in [-0.15, -0.1) is 0 Å². The first-order valence-electron chi connectivity index (χ1n) is 6.07. The van der Waals surface area contributed by atoms with Crippen molar-refractivity contribution in [3.8, 4) is 0 Å². The highest BCUT2D eigenvalue weighted by Crippen LogP contribution is 2.36. The lowest BCUT2D eigenvalue weighted by Gasteiger charge is -2.20. The minimum atomic E-state index is -4.36. The van der Waals surface area contributed by atoms with Gasteiger partial charge in [-0.3, -0.25) is 0 Å². The van der Waals surface area contributed by atoms with Gasteiger partial charge in [-0.2, -0.15) is 13.2 Å². The summed E-state index contributed by atoms with van der Waals surface area (Å²) in [7, 11) is 0. The van der Waals surface area contributed by atoms with Crippen LogP contribution in [0.4, 0.5) is 13.2 Å². The molecule has 0 aliphatic rings. The van der Waals surface area contributed by atoms with E-state index >= 15 is 0 Å². The summed E-state index contributed by atoms with van der Waals surface area (Å²) >= 11 is 2.94. The highest BCUT2D eigenvalue weighted by Gasteiger charge is 2.33. The van der Waals surface area contributed by atoms with E-state index in [9.17, 15) is 13.2 Å². The molecule has 2 nitrogen and oxygen atoms in total. The third kappa shape index (κ3) is 4.78. The Kier molecular flexibility index (Phi) is 6.29. The van der Waals surface area contributed by atoms with Crippen LogP contribution in [0.5, 0.6) is 0 Å². The van der Waals surface area contributed by atoms with E-state index in [1.165, 1.54) is 6.07 Å². The Labute approximate surface area is 119 Å². The fraction of sp³-hybridized carbons (Fsp3) is 0.538. The maximum atomic E-state index is 12.8. The van der Waals surface area contributed by atoms with Crippen molar-refractivity contribution >= 4 is 15.9 Å². The molecule has 0 fully saturated rings. The highest BCUT2D eigenvalue weighted by atomic mass is 79.9. The molecule has 1 atom stereocenters. The molecule has 1 N–H and O–H groups in total. The largest absolute Gasteiger partial charge is 0.417 e. The Morgan fingerprint density at radius 1 is 1.32 bits per heavy atom. The van der Waals surface area contributed by atoms with Crippen LogP contribution in [-0.4, -0.2) is 19.8 Å². The number of ether oxygens (including phenoxy) is 1. The average Bonchev–Trinajstić information content (AvgIpc) is 2.34. The molecular weight excluding hydrogens is 323 g/mol. The summed E-state index contributed by atoms with van der Waals surface area (Å²) in [6.07, 6.45) is -4.36. The normalized spacial score (nSPS) is 13.6. The van der Waals surface area contributed by atoms with Crippen molar-refractivity contribution in [3.63, 3.8) is 0 Å². The van der Waals surface area contributed by atoms with Crippen LogP contribution < -0.4 is 5.32 Å². The Morgan fingerprint density at radius 3 is 2.53 bits per heavy atom. The molecule has 0 bridgehead atoms. The Balaban J connectivity index is 3.03. The zero-order valence-corrected chi connectivity index (χ0v) is 12.4. The van der Waals surface area contributed by atoms with E-state index in [-0.39, 0.29) is 10.5 Å². The summed E-state index contributed by atoms with van der Waals surface area (Å²) < 4.78 is 43.9. The van der Waals surface area contributed by atoms with Crippen LogP contribution in [0.25, 0.3) is 0 Å². The minimum Gasteiger partial charge on any atom is -0.380 e. The predicted octanol–water partition coefficient (Wildman–Crippen LogP) is 4.16. The smallest absolute Gasteiger partial charge is 0.380 e. The van der Waals surface area contributed by atoms with Crippen LogP contribution in [0.15, 0.2) is 22.7 Å². The van der Waals surface area contributed by atoms with Gasteiger partial charge in [0.05, 0.1) is 18.2 Å². The fourth-order valence-corrected chi connectivity index (χ4v) is 2.20. The second kappa shape index (κ2) is 7.26. The quantitative estimate of drug-likeness (QED) is 0.840. The number of nitrogens with one attached hydrogen (secondary N) is 1. The minimum absolute atomic E-state index is 0.0513. The van der Waals surface area contributed by atoms with Gasteiger partial charge in [0.15, 0.2) is 0 Å². The summed E-state index contributed by atoms with van der Waals surface area (Å²) in [4.78, 5) is 0. The Morgan fingerprint density at radius 2 is 2.00 bits per heavy atom. The van der Waals surface area contributed by atoms with E-state index in [1.807, 2.05) is 13.8 Å². The molecule has 0 amide bonds. The van der Waals surface area contributed by atoms with Crippen LogP contribution in [-0.2, 0) is 10.9 Å². The molecule has 0 spiro atoms. The van der Waals surface area contributed by atoms with Gasteiger partial charge in [-0.1, -0.05) is 28.9 Å². The molecular formula is C13H17BrF3NO. The molecule has 0 aromatic heterocycles. The lowest BCUT2D eigenvalue weighted by atomic mass is 10.0. The van der Waals surface area contributed by atoms with Gasteiger partial charge in [0.2, 0.25) is 0 Å². The average molecular weight is 340 g/mol. The number of likely N-dealkylation sites (N-methyl/N-ethyl adjacent to an activating group) is 1. The first-order valence-corrected chi connectivity index (χ1v) is 6.87. The summed E-state index contributed by atoms with van der Waals surface area (Å²) in [5.41, 5.74) is -0.0878. The maximum Gasteiger partial charge on any atom is 0.417 e. The lowest BCUT2D eigenvalue weighted by molar-refractivity contribution is -0.138. The lowest BCUT2D eigenvalue weighted by Crippen LogP contribution is -2.25. The molecule has 0 aliphatic heterocycles. The number of alkyl halides is 3. The molecule has 0 radical (unpaired) electrons. The molecule has 108 valence electrons. The Bertz CT molecular complexity index is 409. The van der Waals surface area contributed by atoms with Gasteiger partial charge in [-0.05, 0) is 31.2 Å². The van der Waals surface area contributed by atoms with Crippen LogP contribution >= 0.6 is 15.9 Å². The molecule has 0 aliphatic carbocycles. The number of rotatable bonds is 6. The zero-order chi connectivity index (χ0) is 14.5. The van der Waals surface area contributed by atoms with Crippen LogP contribution in [0, 0.1) is 0 Å². The molecule has 19 heavy (non-hydrogen) atoms. The molecule has 1 aromatic carbocycles. The van der Waals surface area contributed by atoms with Crippen molar-refractivity contribution in [2.45, 2.75) is 26.1 Å². The van der Waals surface area contributed by atoms with Gasteiger partial charge in [0.25, 0.3) is 0 Å². The summed E-state index contributed by atoms with van der Waals surface area (Å²) in [5.74, 6) is 0. The van der Waals surface area contributed by atoms with Crippen molar-refractivity contribution < 1.29 is 17.9 Å². The highest BCUT2D eigenvalue weighted by molar-refractivity contribution is 9.10. The van der Waals surface area contributed by atoms with E-state index in [2.05, 4.69) is 21.2 Å².